The molecule has 0 spiro atoms. The van der Waals surface area contributed by atoms with Crippen molar-refractivity contribution in [3.63, 3.8) is 0 Å². The van der Waals surface area contributed by atoms with Gasteiger partial charge in [0, 0.05) is 38.3 Å². The molecule has 0 saturated carbocycles. The van der Waals surface area contributed by atoms with Crippen molar-refractivity contribution in [2.24, 2.45) is 0 Å². The van der Waals surface area contributed by atoms with Crippen molar-refractivity contribution in [3.05, 3.63) is 89.5 Å². The third-order valence-corrected chi connectivity index (χ3v) is 8.21. The second-order valence-corrected chi connectivity index (χ2v) is 14.2. The molecule has 2 aromatic heterocycles. The zero-order valence-corrected chi connectivity index (χ0v) is 24.4. The predicted molar refractivity (Wildman–Crippen MR) is 166 cm³/mol. The highest BCUT2D eigenvalue weighted by atomic mass is 15.0. The summed E-state index contributed by atoms with van der Waals surface area (Å²) in [4.78, 5) is 3.72. The number of aromatic amines is 1. The van der Waals surface area contributed by atoms with Gasteiger partial charge in [-0.2, -0.15) is 0 Å². The second kappa shape index (κ2) is 7.99. The van der Waals surface area contributed by atoms with Crippen molar-refractivity contribution in [1.82, 2.24) is 9.55 Å². The van der Waals surface area contributed by atoms with Crippen LogP contribution in [0.2, 0.25) is 0 Å². The summed E-state index contributed by atoms with van der Waals surface area (Å²) < 4.78 is 2.45. The van der Waals surface area contributed by atoms with Crippen LogP contribution in [0.1, 0.15) is 79.0 Å². The topological polar surface area (TPSA) is 20.7 Å². The molecule has 2 heterocycles. The summed E-state index contributed by atoms with van der Waals surface area (Å²) in [6.45, 7) is 20.6. The Bertz CT molecular complexity index is 1840. The number of hydrogen-bond donors (Lipinski definition) is 1. The van der Waals surface area contributed by atoms with E-state index in [1.165, 1.54) is 66.0 Å². The van der Waals surface area contributed by atoms with E-state index in [0.29, 0.717) is 0 Å². The maximum absolute atomic E-state index is 3.72. The number of benzene rings is 4. The Balaban J connectivity index is 1.70. The summed E-state index contributed by atoms with van der Waals surface area (Å²) in [6.07, 6.45) is 0. The van der Waals surface area contributed by atoms with Crippen molar-refractivity contribution >= 4 is 43.6 Å². The molecule has 0 saturated heterocycles. The minimum Gasteiger partial charge on any atom is -0.354 e. The largest absolute Gasteiger partial charge is 0.354 e. The Morgan fingerprint density at radius 1 is 0.447 bits per heavy atom. The standard InChI is InChI=1S/C36H40N2/c1-34(2,3)22-10-14-25(15-11-22)38-32-17-13-24(36(7,8)9)19-28(32)29-20-31-27(21-33(29)38)26-18-23(35(4,5)6)12-16-30(26)37-31/h10-21,37H,1-9H3. The van der Waals surface area contributed by atoms with Gasteiger partial charge in [-0.05, 0) is 81.5 Å². The van der Waals surface area contributed by atoms with Gasteiger partial charge in [-0.15, -0.1) is 0 Å². The van der Waals surface area contributed by atoms with Crippen LogP contribution in [0.25, 0.3) is 49.3 Å². The van der Waals surface area contributed by atoms with Crippen LogP contribution in [-0.2, 0) is 16.2 Å². The van der Waals surface area contributed by atoms with Gasteiger partial charge in [0.15, 0.2) is 0 Å². The molecule has 4 aromatic carbocycles. The van der Waals surface area contributed by atoms with Crippen LogP contribution in [-0.4, -0.2) is 9.55 Å². The quantitative estimate of drug-likeness (QED) is 0.232. The number of fused-ring (bicyclic) bond motifs is 6. The monoisotopic (exact) mass is 500 g/mol. The third kappa shape index (κ3) is 3.93. The highest BCUT2D eigenvalue weighted by Gasteiger charge is 2.21. The van der Waals surface area contributed by atoms with Gasteiger partial charge in [0.2, 0.25) is 0 Å². The lowest BCUT2D eigenvalue weighted by Gasteiger charge is -2.20. The zero-order chi connectivity index (χ0) is 27.2. The maximum atomic E-state index is 3.72. The molecule has 2 heteroatoms. The molecule has 0 atom stereocenters. The minimum absolute atomic E-state index is 0.0888. The van der Waals surface area contributed by atoms with Gasteiger partial charge >= 0.3 is 0 Å². The van der Waals surface area contributed by atoms with E-state index >= 15 is 0 Å². The lowest BCUT2D eigenvalue weighted by Crippen LogP contribution is -2.11. The minimum atomic E-state index is 0.0888. The molecule has 0 aliphatic rings. The summed E-state index contributed by atoms with van der Waals surface area (Å²) in [7, 11) is 0. The second-order valence-electron chi connectivity index (χ2n) is 14.2. The first-order valence-electron chi connectivity index (χ1n) is 13.9. The Labute approximate surface area is 226 Å². The van der Waals surface area contributed by atoms with E-state index in [1.54, 1.807) is 0 Å². The van der Waals surface area contributed by atoms with Crippen LogP contribution in [0, 0.1) is 0 Å². The lowest BCUT2D eigenvalue weighted by molar-refractivity contribution is 0.590. The highest BCUT2D eigenvalue weighted by molar-refractivity contribution is 6.18. The predicted octanol–water partition coefficient (Wildman–Crippen LogP) is 10.3. The van der Waals surface area contributed by atoms with E-state index < -0.39 is 0 Å². The van der Waals surface area contributed by atoms with Gasteiger partial charge in [-0.25, -0.2) is 0 Å². The molecule has 0 unspecified atom stereocenters. The first-order valence-corrected chi connectivity index (χ1v) is 13.9. The first kappa shape index (κ1) is 24.8. The molecule has 38 heavy (non-hydrogen) atoms. The summed E-state index contributed by atoms with van der Waals surface area (Å²) >= 11 is 0. The van der Waals surface area contributed by atoms with E-state index in [-0.39, 0.29) is 16.2 Å². The first-order chi connectivity index (χ1) is 17.7. The zero-order valence-electron chi connectivity index (χ0n) is 24.4. The van der Waals surface area contributed by atoms with E-state index in [4.69, 9.17) is 0 Å². The van der Waals surface area contributed by atoms with Crippen molar-refractivity contribution in [3.8, 4) is 5.69 Å². The summed E-state index contributed by atoms with van der Waals surface area (Å²) in [6, 6.07) is 27.8. The average Bonchev–Trinajstić information content (AvgIpc) is 3.35. The highest BCUT2D eigenvalue weighted by Crippen LogP contribution is 2.40. The molecule has 0 aliphatic heterocycles. The Morgan fingerprint density at radius 2 is 0.947 bits per heavy atom. The Kier molecular flexibility index (Phi) is 5.21. The Morgan fingerprint density at radius 3 is 1.55 bits per heavy atom. The summed E-state index contributed by atoms with van der Waals surface area (Å²) in [5.41, 5.74) is 10.5. The van der Waals surface area contributed by atoms with Crippen molar-refractivity contribution in [1.29, 1.82) is 0 Å². The van der Waals surface area contributed by atoms with Gasteiger partial charge in [0.1, 0.15) is 0 Å². The molecule has 194 valence electrons. The van der Waals surface area contributed by atoms with Crippen LogP contribution >= 0.6 is 0 Å². The molecule has 0 radical (unpaired) electrons. The van der Waals surface area contributed by atoms with Gasteiger partial charge in [0.25, 0.3) is 0 Å². The lowest BCUT2D eigenvalue weighted by atomic mass is 9.86. The van der Waals surface area contributed by atoms with Gasteiger partial charge in [-0.3, -0.25) is 0 Å². The average molecular weight is 501 g/mol. The molecule has 0 aliphatic carbocycles. The molecule has 0 fully saturated rings. The van der Waals surface area contributed by atoms with Crippen LogP contribution < -0.4 is 0 Å². The number of hydrogen-bond acceptors (Lipinski definition) is 0. The number of nitrogens with one attached hydrogen (secondary N) is 1. The molecular weight excluding hydrogens is 460 g/mol. The maximum Gasteiger partial charge on any atom is 0.0548 e. The SMILES string of the molecule is CC(C)(C)c1ccc(-n2c3ccc(C(C)(C)C)cc3c3cc4[nH]c5ccc(C(C)(C)C)cc5c4cc32)cc1. The molecule has 6 aromatic rings. The fraction of sp³-hybridized carbons (Fsp3) is 0.333. The molecule has 6 rings (SSSR count). The summed E-state index contributed by atoms with van der Waals surface area (Å²) in [5, 5.41) is 5.18. The van der Waals surface area contributed by atoms with E-state index in [2.05, 4.69) is 145 Å². The Hall–Kier alpha value is -3.52. The molecular formula is C36H40N2. The molecule has 2 nitrogen and oxygen atoms in total. The fourth-order valence-electron chi connectivity index (χ4n) is 5.73. The van der Waals surface area contributed by atoms with Crippen LogP contribution in [0.3, 0.4) is 0 Å². The number of rotatable bonds is 1. The molecule has 0 amide bonds. The van der Waals surface area contributed by atoms with Crippen molar-refractivity contribution < 1.29 is 0 Å². The van der Waals surface area contributed by atoms with Crippen LogP contribution in [0.15, 0.2) is 72.8 Å². The van der Waals surface area contributed by atoms with Crippen molar-refractivity contribution in [2.45, 2.75) is 78.6 Å². The number of H-pyrrole nitrogens is 1. The van der Waals surface area contributed by atoms with Crippen LogP contribution in [0.5, 0.6) is 0 Å². The number of nitrogens with zero attached hydrogens (tertiary/aromatic N) is 1. The molecule has 0 bridgehead atoms. The van der Waals surface area contributed by atoms with Crippen molar-refractivity contribution in [2.75, 3.05) is 0 Å². The van der Waals surface area contributed by atoms with Gasteiger partial charge in [-0.1, -0.05) is 86.6 Å². The fourth-order valence-corrected chi connectivity index (χ4v) is 5.73. The van der Waals surface area contributed by atoms with Crippen LogP contribution in [0.4, 0.5) is 0 Å². The smallest absolute Gasteiger partial charge is 0.0548 e. The molecule has 1 N–H and O–H groups in total. The van der Waals surface area contributed by atoms with Gasteiger partial charge < -0.3 is 9.55 Å². The van der Waals surface area contributed by atoms with Gasteiger partial charge in [0.05, 0.1) is 11.0 Å². The van der Waals surface area contributed by atoms with E-state index in [9.17, 15) is 0 Å². The van der Waals surface area contributed by atoms with E-state index in [1.807, 2.05) is 0 Å². The van der Waals surface area contributed by atoms with E-state index in [0.717, 1.165) is 0 Å². The summed E-state index contributed by atoms with van der Waals surface area (Å²) in [5.74, 6) is 0. The normalized spacial score (nSPS) is 13.4. The third-order valence-electron chi connectivity index (χ3n) is 8.21. The number of aromatic nitrogens is 2.